The van der Waals surface area contributed by atoms with Gasteiger partial charge in [-0.25, -0.2) is 0 Å². The van der Waals surface area contributed by atoms with Crippen molar-refractivity contribution in [1.29, 1.82) is 5.26 Å². The molecule has 1 fully saturated rings. The number of aromatic nitrogens is 1. The normalized spacial score (nSPS) is 18.7. The highest BCUT2D eigenvalue weighted by Crippen LogP contribution is 2.25. The lowest BCUT2D eigenvalue weighted by molar-refractivity contribution is -0.131. The molecule has 0 saturated carbocycles. The SMILES string of the molecule is CC(C)(C)N1CC(CNC(=O)c2cc(C#N)c[nH]2)CC1=O. The number of carbonyl (C=O) groups is 2. The third kappa shape index (κ3) is 3.43. The Morgan fingerprint density at radius 1 is 1.57 bits per heavy atom. The van der Waals surface area contributed by atoms with E-state index in [9.17, 15) is 9.59 Å². The zero-order valence-electron chi connectivity index (χ0n) is 12.6. The summed E-state index contributed by atoms with van der Waals surface area (Å²) in [6.45, 7) is 7.14. The van der Waals surface area contributed by atoms with Crippen LogP contribution in [0.15, 0.2) is 12.3 Å². The second-order valence-corrected chi connectivity index (χ2v) is 6.37. The summed E-state index contributed by atoms with van der Waals surface area (Å²) in [6, 6.07) is 3.48. The van der Waals surface area contributed by atoms with Gasteiger partial charge in [-0.1, -0.05) is 0 Å². The van der Waals surface area contributed by atoms with Crippen LogP contribution in [0.25, 0.3) is 0 Å². The van der Waals surface area contributed by atoms with Crippen LogP contribution in [-0.4, -0.2) is 40.3 Å². The number of rotatable bonds is 3. The van der Waals surface area contributed by atoms with E-state index in [-0.39, 0.29) is 23.3 Å². The second-order valence-electron chi connectivity index (χ2n) is 6.37. The van der Waals surface area contributed by atoms with Crippen molar-refractivity contribution in [2.45, 2.75) is 32.7 Å². The van der Waals surface area contributed by atoms with E-state index in [0.717, 1.165) is 0 Å². The Morgan fingerprint density at radius 2 is 2.29 bits per heavy atom. The van der Waals surface area contributed by atoms with Gasteiger partial charge < -0.3 is 15.2 Å². The van der Waals surface area contributed by atoms with E-state index in [1.54, 1.807) is 0 Å². The van der Waals surface area contributed by atoms with Crippen molar-refractivity contribution in [1.82, 2.24) is 15.2 Å². The van der Waals surface area contributed by atoms with Crippen LogP contribution >= 0.6 is 0 Å². The van der Waals surface area contributed by atoms with Crippen LogP contribution in [0.3, 0.4) is 0 Å². The Kier molecular flexibility index (Phi) is 4.03. The molecule has 112 valence electrons. The molecule has 1 atom stereocenters. The number of nitrogens with one attached hydrogen (secondary N) is 2. The van der Waals surface area contributed by atoms with Gasteiger partial charge in [0.2, 0.25) is 5.91 Å². The zero-order chi connectivity index (χ0) is 15.6. The first-order valence-corrected chi connectivity index (χ1v) is 6.98. The molecule has 6 heteroatoms. The van der Waals surface area contributed by atoms with Crippen LogP contribution in [0, 0.1) is 17.2 Å². The molecule has 2 rings (SSSR count). The van der Waals surface area contributed by atoms with E-state index in [1.807, 2.05) is 31.7 Å². The Bertz CT molecular complexity index is 592. The summed E-state index contributed by atoms with van der Waals surface area (Å²) in [7, 11) is 0. The van der Waals surface area contributed by atoms with Crippen molar-refractivity contribution in [2.75, 3.05) is 13.1 Å². The molecule has 0 bridgehead atoms. The Labute approximate surface area is 124 Å². The molecule has 1 aromatic heterocycles. The van der Waals surface area contributed by atoms with E-state index in [4.69, 9.17) is 5.26 Å². The number of amides is 2. The first-order chi connectivity index (χ1) is 9.81. The molecule has 0 aromatic carbocycles. The summed E-state index contributed by atoms with van der Waals surface area (Å²) in [5, 5.41) is 11.5. The van der Waals surface area contributed by atoms with Crippen molar-refractivity contribution in [2.24, 2.45) is 5.92 Å². The van der Waals surface area contributed by atoms with Crippen LogP contribution < -0.4 is 5.32 Å². The van der Waals surface area contributed by atoms with E-state index >= 15 is 0 Å². The topological polar surface area (TPSA) is 89.0 Å². The molecular formula is C15H20N4O2. The predicted octanol–water partition coefficient (Wildman–Crippen LogP) is 1.26. The number of nitrogens with zero attached hydrogens (tertiary/aromatic N) is 2. The van der Waals surface area contributed by atoms with Gasteiger partial charge in [-0.2, -0.15) is 5.26 Å². The summed E-state index contributed by atoms with van der Waals surface area (Å²) in [6.07, 6.45) is 1.96. The number of H-pyrrole nitrogens is 1. The Hall–Kier alpha value is -2.29. The van der Waals surface area contributed by atoms with Crippen LogP contribution in [0.4, 0.5) is 0 Å². The molecular weight excluding hydrogens is 268 g/mol. The number of carbonyl (C=O) groups excluding carboxylic acids is 2. The lowest BCUT2D eigenvalue weighted by atomic mass is 10.1. The van der Waals surface area contributed by atoms with Gasteiger partial charge in [0, 0.05) is 37.2 Å². The third-order valence-corrected chi connectivity index (χ3v) is 3.62. The molecule has 0 spiro atoms. The van der Waals surface area contributed by atoms with Crippen LogP contribution in [0.5, 0.6) is 0 Å². The minimum absolute atomic E-state index is 0.131. The van der Waals surface area contributed by atoms with Gasteiger partial charge in [-0.15, -0.1) is 0 Å². The molecule has 1 unspecified atom stereocenters. The average Bonchev–Trinajstić information content (AvgIpc) is 3.01. The number of aromatic amines is 1. The van der Waals surface area contributed by atoms with Crippen LogP contribution in [0.2, 0.25) is 0 Å². The maximum Gasteiger partial charge on any atom is 0.267 e. The quantitative estimate of drug-likeness (QED) is 0.877. The van der Waals surface area contributed by atoms with Gasteiger partial charge in [0.1, 0.15) is 11.8 Å². The molecule has 0 radical (unpaired) electrons. The summed E-state index contributed by atoms with van der Waals surface area (Å²) in [4.78, 5) is 28.5. The molecule has 1 aromatic rings. The summed E-state index contributed by atoms with van der Waals surface area (Å²) >= 11 is 0. The predicted molar refractivity (Wildman–Crippen MR) is 77.4 cm³/mol. The van der Waals surface area contributed by atoms with Gasteiger partial charge in [0.15, 0.2) is 0 Å². The maximum absolute atomic E-state index is 12.0. The zero-order valence-corrected chi connectivity index (χ0v) is 12.6. The third-order valence-electron chi connectivity index (χ3n) is 3.62. The lowest BCUT2D eigenvalue weighted by Crippen LogP contribution is -2.42. The summed E-state index contributed by atoms with van der Waals surface area (Å²) in [5.74, 6) is 0.0117. The molecule has 2 amide bonds. The van der Waals surface area contributed by atoms with E-state index in [1.165, 1.54) is 12.3 Å². The molecule has 2 heterocycles. The fourth-order valence-electron chi connectivity index (χ4n) is 2.49. The highest BCUT2D eigenvalue weighted by atomic mass is 16.2. The molecule has 1 saturated heterocycles. The fourth-order valence-corrected chi connectivity index (χ4v) is 2.49. The Morgan fingerprint density at radius 3 is 2.81 bits per heavy atom. The number of hydrogen-bond acceptors (Lipinski definition) is 3. The fraction of sp³-hybridized carbons (Fsp3) is 0.533. The molecule has 2 N–H and O–H groups in total. The largest absolute Gasteiger partial charge is 0.356 e. The number of likely N-dealkylation sites (tertiary alicyclic amines) is 1. The van der Waals surface area contributed by atoms with E-state index < -0.39 is 0 Å². The second kappa shape index (κ2) is 5.60. The van der Waals surface area contributed by atoms with Crippen LogP contribution in [0.1, 0.15) is 43.2 Å². The van der Waals surface area contributed by atoms with E-state index in [2.05, 4.69) is 10.3 Å². The smallest absolute Gasteiger partial charge is 0.267 e. The Balaban J connectivity index is 1.88. The highest BCUT2D eigenvalue weighted by molar-refractivity contribution is 5.92. The molecule has 1 aliphatic rings. The lowest BCUT2D eigenvalue weighted by Gasteiger charge is -2.32. The van der Waals surface area contributed by atoms with Crippen molar-refractivity contribution in [3.05, 3.63) is 23.5 Å². The van der Waals surface area contributed by atoms with Crippen molar-refractivity contribution >= 4 is 11.8 Å². The maximum atomic E-state index is 12.0. The number of hydrogen-bond donors (Lipinski definition) is 2. The van der Waals surface area contributed by atoms with E-state index in [0.29, 0.717) is 30.8 Å². The summed E-state index contributed by atoms with van der Waals surface area (Å²) in [5.41, 5.74) is 0.607. The van der Waals surface area contributed by atoms with Crippen molar-refractivity contribution in [3.8, 4) is 6.07 Å². The standard InChI is InChI=1S/C15H20N4O2/c1-15(2,3)19-9-11(5-13(19)20)8-18-14(21)12-4-10(6-16)7-17-12/h4,7,11,17H,5,8-9H2,1-3H3,(H,18,21). The van der Waals surface area contributed by atoms with Gasteiger partial charge in [-0.05, 0) is 26.8 Å². The summed E-state index contributed by atoms with van der Waals surface area (Å²) < 4.78 is 0. The minimum atomic E-state index is -0.252. The molecule has 0 aliphatic carbocycles. The van der Waals surface area contributed by atoms with Gasteiger partial charge in [-0.3, -0.25) is 9.59 Å². The first kappa shape index (κ1) is 15.1. The number of nitriles is 1. The van der Waals surface area contributed by atoms with Crippen LogP contribution in [-0.2, 0) is 4.79 Å². The molecule has 6 nitrogen and oxygen atoms in total. The average molecular weight is 288 g/mol. The molecule has 1 aliphatic heterocycles. The van der Waals surface area contributed by atoms with Crippen molar-refractivity contribution < 1.29 is 9.59 Å². The first-order valence-electron chi connectivity index (χ1n) is 6.98. The monoisotopic (exact) mass is 288 g/mol. The minimum Gasteiger partial charge on any atom is -0.356 e. The van der Waals surface area contributed by atoms with Gasteiger partial charge >= 0.3 is 0 Å². The van der Waals surface area contributed by atoms with Gasteiger partial charge in [0.25, 0.3) is 5.91 Å². The highest BCUT2D eigenvalue weighted by Gasteiger charge is 2.36. The van der Waals surface area contributed by atoms with Crippen molar-refractivity contribution in [3.63, 3.8) is 0 Å². The van der Waals surface area contributed by atoms with Gasteiger partial charge in [0.05, 0.1) is 5.56 Å². The molecule has 21 heavy (non-hydrogen) atoms.